The van der Waals surface area contributed by atoms with E-state index in [2.05, 4.69) is 4.74 Å². The molecule has 1 amide bonds. The molecule has 0 heterocycles. The summed E-state index contributed by atoms with van der Waals surface area (Å²) >= 11 is 0. The summed E-state index contributed by atoms with van der Waals surface area (Å²) < 4.78 is 22.0. The van der Waals surface area contributed by atoms with Gasteiger partial charge in [-0.1, -0.05) is 0 Å². The standard InChI is InChI=1S/C9H10FNO3/c10-7-1-3-8(4-2-7)13-5-6-14-9(11)12/h1-4H,5-6H2,(H2,11,12). The van der Waals surface area contributed by atoms with Crippen LogP contribution >= 0.6 is 0 Å². The Labute approximate surface area is 80.4 Å². The summed E-state index contributed by atoms with van der Waals surface area (Å²) in [5, 5.41) is 0. The van der Waals surface area contributed by atoms with E-state index < -0.39 is 6.09 Å². The second-order valence-electron chi connectivity index (χ2n) is 2.47. The van der Waals surface area contributed by atoms with E-state index >= 15 is 0 Å². The number of hydrogen-bond donors (Lipinski definition) is 1. The molecule has 0 spiro atoms. The van der Waals surface area contributed by atoms with Crippen LogP contribution in [0.3, 0.4) is 0 Å². The largest absolute Gasteiger partial charge is 0.490 e. The lowest BCUT2D eigenvalue weighted by atomic mass is 10.3. The van der Waals surface area contributed by atoms with E-state index in [4.69, 9.17) is 10.5 Å². The van der Waals surface area contributed by atoms with Gasteiger partial charge in [0.1, 0.15) is 24.8 Å². The Morgan fingerprint density at radius 1 is 1.29 bits per heavy atom. The molecule has 0 radical (unpaired) electrons. The third-order valence-electron chi connectivity index (χ3n) is 1.41. The van der Waals surface area contributed by atoms with Crippen molar-refractivity contribution in [2.24, 2.45) is 5.73 Å². The van der Waals surface area contributed by atoms with Crippen molar-refractivity contribution in [3.05, 3.63) is 30.1 Å². The molecule has 2 N–H and O–H groups in total. The van der Waals surface area contributed by atoms with Crippen LogP contribution in [0.5, 0.6) is 5.75 Å². The summed E-state index contributed by atoms with van der Waals surface area (Å²) in [4.78, 5) is 10.2. The van der Waals surface area contributed by atoms with Gasteiger partial charge in [-0.05, 0) is 24.3 Å². The van der Waals surface area contributed by atoms with Gasteiger partial charge in [0, 0.05) is 0 Å². The monoisotopic (exact) mass is 199 g/mol. The van der Waals surface area contributed by atoms with Crippen molar-refractivity contribution >= 4 is 6.09 Å². The molecule has 14 heavy (non-hydrogen) atoms. The summed E-state index contributed by atoms with van der Waals surface area (Å²) in [6.45, 7) is 0.265. The minimum Gasteiger partial charge on any atom is -0.490 e. The lowest BCUT2D eigenvalue weighted by Gasteiger charge is -2.05. The van der Waals surface area contributed by atoms with E-state index in [0.29, 0.717) is 5.75 Å². The van der Waals surface area contributed by atoms with Gasteiger partial charge in [0.15, 0.2) is 0 Å². The Bertz CT molecular complexity index is 299. The van der Waals surface area contributed by atoms with Gasteiger partial charge in [0.05, 0.1) is 0 Å². The van der Waals surface area contributed by atoms with Crippen molar-refractivity contribution in [1.29, 1.82) is 0 Å². The molecule has 76 valence electrons. The van der Waals surface area contributed by atoms with E-state index in [-0.39, 0.29) is 19.0 Å². The van der Waals surface area contributed by atoms with Crippen molar-refractivity contribution in [3.63, 3.8) is 0 Å². The molecule has 0 aliphatic heterocycles. The highest BCUT2D eigenvalue weighted by molar-refractivity contribution is 5.64. The topological polar surface area (TPSA) is 61.6 Å². The number of nitrogens with two attached hydrogens (primary N) is 1. The summed E-state index contributed by atoms with van der Waals surface area (Å²) in [5.41, 5.74) is 4.73. The fourth-order valence-corrected chi connectivity index (χ4v) is 0.833. The van der Waals surface area contributed by atoms with Crippen LogP contribution in [0.2, 0.25) is 0 Å². The van der Waals surface area contributed by atoms with Crippen LogP contribution in [-0.2, 0) is 4.74 Å². The van der Waals surface area contributed by atoms with Crippen LogP contribution < -0.4 is 10.5 Å². The number of carbonyl (C=O) groups excluding carboxylic acids is 1. The molecular weight excluding hydrogens is 189 g/mol. The van der Waals surface area contributed by atoms with Crippen LogP contribution in [0.25, 0.3) is 0 Å². The van der Waals surface area contributed by atoms with Gasteiger partial charge in [0.25, 0.3) is 0 Å². The molecule has 1 rings (SSSR count). The molecule has 0 atom stereocenters. The molecule has 0 bridgehead atoms. The minimum absolute atomic E-state index is 0.0761. The zero-order valence-electron chi connectivity index (χ0n) is 7.40. The van der Waals surface area contributed by atoms with Crippen molar-refractivity contribution in [1.82, 2.24) is 0 Å². The first-order valence-electron chi connectivity index (χ1n) is 3.99. The lowest BCUT2D eigenvalue weighted by molar-refractivity contribution is 0.134. The molecule has 1 aromatic rings. The minimum atomic E-state index is -0.840. The molecule has 0 aliphatic rings. The van der Waals surface area contributed by atoms with Gasteiger partial charge < -0.3 is 15.2 Å². The summed E-state index contributed by atoms with van der Waals surface area (Å²) in [6, 6.07) is 5.54. The fraction of sp³-hybridized carbons (Fsp3) is 0.222. The zero-order chi connectivity index (χ0) is 10.4. The first kappa shape index (κ1) is 10.3. The fourth-order valence-electron chi connectivity index (χ4n) is 0.833. The molecule has 0 saturated carbocycles. The van der Waals surface area contributed by atoms with Crippen LogP contribution in [0, 0.1) is 5.82 Å². The van der Waals surface area contributed by atoms with Gasteiger partial charge in [-0.2, -0.15) is 0 Å². The second-order valence-corrected chi connectivity index (χ2v) is 2.47. The van der Waals surface area contributed by atoms with Crippen LogP contribution in [0.15, 0.2) is 24.3 Å². The molecule has 0 aromatic heterocycles. The number of hydrogen-bond acceptors (Lipinski definition) is 3. The summed E-state index contributed by atoms with van der Waals surface area (Å²) in [5.74, 6) is 0.185. The highest BCUT2D eigenvalue weighted by Gasteiger charge is 1.96. The molecule has 0 saturated heterocycles. The summed E-state index contributed by atoms with van der Waals surface area (Å²) in [7, 11) is 0. The zero-order valence-corrected chi connectivity index (χ0v) is 7.40. The van der Waals surface area contributed by atoms with Gasteiger partial charge in [0.2, 0.25) is 0 Å². The number of carbonyl (C=O) groups is 1. The maximum Gasteiger partial charge on any atom is 0.404 e. The highest BCUT2D eigenvalue weighted by atomic mass is 19.1. The Balaban J connectivity index is 2.25. The smallest absolute Gasteiger partial charge is 0.404 e. The highest BCUT2D eigenvalue weighted by Crippen LogP contribution is 2.10. The Hall–Kier alpha value is -1.78. The molecule has 4 nitrogen and oxygen atoms in total. The predicted octanol–water partition coefficient (Wildman–Crippen LogP) is 1.30. The first-order chi connectivity index (χ1) is 6.68. The number of amides is 1. The van der Waals surface area contributed by atoms with Gasteiger partial charge in [-0.15, -0.1) is 0 Å². The average molecular weight is 199 g/mol. The van der Waals surface area contributed by atoms with Crippen molar-refractivity contribution in [2.75, 3.05) is 13.2 Å². The second kappa shape index (κ2) is 5.06. The van der Waals surface area contributed by atoms with Gasteiger partial charge >= 0.3 is 6.09 Å². The van der Waals surface area contributed by atoms with Crippen molar-refractivity contribution < 1.29 is 18.7 Å². The number of halogens is 1. The molecule has 0 unspecified atom stereocenters. The van der Waals surface area contributed by atoms with E-state index in [1.54, 1.807) is 0 Å². The van der Waals surface area contributed by atoms with Crippen LogP contribution in [-0.4, -0.2) is 19.3 Å². The van der Waals surface area contributed by atoms with E-state index in [9.17, 15) is 9.18 Å². The van der Waals surface area contributed by atoms with E-state index in [1.807, 2.05) is 0 Å². The Morgan fingerprint density at radius 3 is 2.50 bits per heavy atom. The Morgan fingerprint density at radius 2 is 1.93 bits per heavy atom. The number of rotatable bonds is 4. The van der Waals surface area contributed by atoms with Crippen molar-refractivity contribution in [2.45, 2.75) is 0 Å². The van der Waals surface area contributed by atoms with Gasteiger partial charge in [-0.3, -0.25) is 0 Å². The number of benzene rings is 1. The van der Waals surface area contributed by atoms with E-state index in [1.165, 1.54) is 24.3 Å². The molecule has 5 heteroatoms. The Kier molecular flexibility index (Phi) is 3.72. The maximum atomic E-state index is 12.4. The molecule has 0 fully saturated rings. The third-order valence-corrected chi connectivity index (χ3v) is 1.41. The van der Waals surface area contributed by atoms with E-state index in [0.717, 1.165) is 0 Å². The SMILES string of the molecule is NC(=O)OCCOc1ccc(F)cc1. The number of ether oxygens (including phenoxy) is 2. The maximum absolute atomic E-state index is 12.4. The lowest BCUT2D eigenvalue weighted by Crippen LogP contribution is -2.17. The first-order valence-corrected chi connectivity index (χ1v) is 3.99. The number of primary amides is 1. The third kappa shape index (κ3) is 3.75. The van der Waals surface area contributed by atoms with Crippen LogP contribution in [0.4, 0.5) is 9.18 Å². The summed E-state index contributed by atoms with van der Waals surface area (Å²) in [6.07, 6.45) is -0.840. The predicted molar refractivity (Wildman–Crippen MR) is 47.4 cm³/mol. The average Bonchev–Trinajstić information content (AvgIpc) is 2.15. The molecule has 1 aromatic carbocycles. The van der Waals surface area contributed by atoms with Crippen LogP contribution in [0.1, 0.15) is 0 Å². The molecular formula is C9H10FNO3. The quantitative estimate of drug-likeness (QED) is 0.743. The normalized spacial score (nSPS) is 9.50. The van der Waals surface area contributed by atoms with Gasteiger partial charge in [-0.25, -0.2) is 9.18 Å². The van der Waals surface area contributed by atoms with Crippen molar-refractivity contribution in [3.8, 4) is 5.75 Å². The molecule has 0 aliphatic carbocycles.